The van der Waals surface area contributed by atoms with Gasteiger partial charge in [0.15, 0.2) is 11.4 Å². The Bertz CT molecular complexity index is 408. The summed E-state index contributed by atoms with van der Waals surface area (Å²) in [6, 6.07) is 9.54. The van der Waals surface area contributed by atoms with E-state index in [2.05, 4.69) is 0 Å². The van der Waals surface area contributed by atoms with Crippen LogP contribution in [0.15, 0.2) is 42.2 Å². The van der Waals surface area contributed by atoms with Gasteiger partial charge in [0.05, 0.1) is 13.2 Å². The van der Waals surface area contributed by atoms with E-state index in [1.165, 1.54) is 13.2 Å². The van der Waals surface area contributed by atoms with E-state index >= 15 is 0 Å². The highest BCUT2D eigenvalue weighted by Crippen LogP contribution is 2.37. The first-order valence-corrected chi connectivity index (χ1v) is 4.71. The largest absolute Gasteiger partial charge is 0.496 e. The Labute approximate surface area is 88.3 Å². The molecule has 0 saturated heterocycles. The van der Waals surface area contributed by atoms with Gasteiger partial charge in [0.2, 0.25) is 0 Å². The first kappa shape index (κ1) is 9.77. The van der Waals surface area contributed by atoms with Gasteiger partial charge in [-0.1, -0.05) is 30.3 Å². The highest BCUT2D eigenvalue weighted by molar-refractivity contribution is 5.86. The lowest BCUT2D eigenvalue weighted by molar-refractivity contribution is -0.147. The van der Waals surface area contributed by atoms with E-state index in [0.29, 0.717) is 5.76 Å². The third kappa shape index (κ3) is 1.50. The fourth-order valence-corrected chi connectivity index (χ4v) is 1.74. The lowest BCUT2D eigenvalue weighted by Crippen LogP contribution is -2.25. The third-order valence-electron chi connectivity index (χ3n) is 2.57. The molecule has 1 atom stereocenters. The zero-order valence-corrected chi connectivity index (χ0v) is 8.69. The van der Waals surface area contributed by atoms with Crippen LogP contribution in [-0.4, -0.2) is 13.1 Å². The van der Waals surface area contributed by atoms with Crippen LogP contribution in [0.3, 0.4) is 0 Å². The van der Waals surface area contributed by atoms with Gasteiger partial charge in [-0.15, -0.1) is 0 Å². The second-order valence-electron chi connectivity index (χ2n) is 3.53. The molecule has 1 aliphatic heterocycles. The number of methoxy groups -OCH3 is 1. The van der Waals surface area contributed by atoms with E-state index in [1.807, 2.05) is 37.3 Å². The maximum absolute atomic E-state index is 11.2. The molecule has 1 aromatic carbocycles. The van der Waals surface area contributed by atoms with E-state index in [1.54, 1.807) is 0 Å². The molecule has 0 spiro atoms. The zero-order chi connectivity index (χ0) is 10.9. The Hall–Kier alpha value is -1.77. The summed E-state index contributed by atoms with van der Waals surface area (Å²) in [4.78, 5) is 11.2. The van der Waals surface area contributed by atoms with E-state index < -0.39 is 5.60 Å². The molecule has 2 rings (SSSR count). The van der Waals surface area contributed by atoms with Crippen LogP contribution in [0.1, 0.15) is 12.5 Å². The minimum Gasteiger partial charge on any atom is -0.496 e. The Morgan fingerprint density at radius 2 is 1.93 bits per heavy atom. The number of esters is 1. The number of cyclic esters (lactones) is 1. The predicted octanol–water partition coefficient (Wildman–Crippen LogP) is 1.99. The van der Waals surface area contributed by atoms with Crippen LogP contribution in [0.5, 0.6) is 0 Å². The van der Waals surface area contributed by atoms with Crippen molar-refractivity contribution in [2.75, 3.05) is 7.11 Å². The summed E-state index contributed by atoms with van der Waals surface area (Å²) in [6.45, 7) is 1.82. The van der Waals surface area contributed by atoms with E-state index in [0.717, 1.165) is 5.56 Å². The molecule has 0 bridgehead atoms. The van der Waals surface area contributed by atoms with Crippen molar-refractivity contribution < 1.29 is 14.3 Å². The summed E-state index contributed by atoms with van der Waals surface area (Å²) in [5.41, 5.74) is 0.122. The topological polar surface area (TPSA) is 35.5 Å². The van der Waals surface area contributed by atoms with Crippen LogP contribution < -0.4 is 0 Å². The molecule has 3 heteroatoms. The number of carbonyl (C=O) groups is 1. The fourth-order valence-electron chi connectivity index (χ4n) is 1.74. The van der Waals surface area contributed by atoms with Gasteiger partial charge in [-0.05, 0) is 6.92 Å². The summed E-state index contributed by atoms with van der Waals surface area (Å²) in [5.74, 6) is 0.178. The number of benzene rings is 1. The minimum atomic E-state index is -0.785. The van der Waals surface area contributed by atoms with Gasteiger partial charge in [-0.3, -0.25) is 0 Å². The standard InChI is InChI=1S/C12H12O3/c1-12(9-6-4-3-5-7-9)10(14-2)8-11(13)15-12/h3-8H,1-2H3. The molecule has 0 radical (unpaired) electrons. The van der Waals surface area contributed by atoms with Crippen molar-refractivity contribution in [3.63, 3.8) is 0 Å². The molecule has 1 heterocycles. The Morgan fingerprint density at radius 1 is 1.27 bits per heavy atom. The van der Waals surface area contributed by atoms with E-state index in [4.69, 9.17) is 9.47 Å². The lowest BCUT2D eigenvalue weighted by atomic mass is 9.94. The van der Waals surface area contributed by atoms with Crippen LogP contribution in [0.2, 0.25) is 0 Å². The van der Waals surface area contributed by atoms with E-state index in [9.17, 15) is 4.79 Å². The van der Waals surface area contributed by atoms with Crippen molar-refractivity contribution in [1.29, 1.82) is 0 Å². The maximum Gasteiger partial charge on any atom is 0.335 e. The summed E-state index contributed by atoms with van der Waals surface area (Å²) in [5, 5.41) is 0. The van der Waals surface area contributed by atoms with Gasteiger partial charge in [0.25, 0.3) is 0 Å². The number of ether oxygens (including phenoxy) is 2. The van der Waals surface area contributed by atoms with Gasteiger partial charge in [0, 0.05) is 5.56 Å². The van der Waals surface area contributed by atoms with Crippen molar-refractivity contribution >= 4 is 5.97 Å². The normalized spacial score (nSPS) is 24.7. The number of hydrogen-bond acceptors (Lipinski definition) is 3. The van der Waals surface area contributed by atoms with Gasteiger partial charge in [-0.2, -0.15) is 0 Å². The van der Waals surface area contributed by atoms with Crippen LogP contribution in [-0.2, 0) is 19.9 Å². The summed E-state index contributed by atoms with van der Waals surface area (Å²) < 4.78 is 10.4. The average molecular weight is 204 g/mol. The lowest BCUT2D eigenvalue weighted by Gasteiger charge is -2.25. The highest BCUT2D eigenvalue weighted by Gasteiger charge is 2.41. The summed E-state index contributed by atoms with van der Waals surface area (Å²) in [6.07, 6.45) is 1.38. The molecule has 1 aromatic rings. The molecule has 1 aliphatic rings. The van der Waals surface area contributed by atoms with Crippen LogP contribution in [0, 0.1) is 0 Å². The molecular formula is C12H12O3. The van der Waals surface area contributed by atoms with Crippen LogP contribution in [0.4, 0.5) is 0 Å². The smallest absolute Gasteiger partial charge is 0.335 e. The fraction of sp³-hybridized carbons (Fsp3) is 0.250. The molecule has 0 fully saturated rings. The van der Waals surface area contributed by atoms with Gasteiger partial charge in [0.1, 0.15) is 0 Å². The second kappa shape index (κ2) is 3.42. The van der Waals surface area contributed by atoms with Gasteiger partial charge < -0.3 is 9.47 Å². The SMILES string of the molecule is COC1=CC(=O)OC1(C)c1ccccc1. The predicted molar refractivity (Wildman–Crippen MR) is 55.0 cm³/mol. The molecule has 0 aliphatic carbocycles. The Kier molecular flexibility index (Phi) is 2.23. The first-order chi connectivity index (χ1) is 7.16. The van der Waals surface area contributed by atoms with Crippen molar-refractivity contribution in [2.24, 2.45) is 0 Å². The van der Waals surface area contributed by atoms with Gasteiger partial charge in [-0.25, -0.2) is 4.79 Å². The third-order valence-corrected chi connectivity index (χ3v) is 2.57. The summed E-state index contributed by atoms with van der Waals surface area (Å²) >= 11 is 0. The van der Waals surface area contributed by atoms with Crippen molar-refractivity contribution in [2.45, 2.75) is 12.5 Å². The number of hydrogen-bond donors (Lipinski definition) is 0. The van der Waals surface area contributed by atoms with E-state index in [-0.39, 0.29) is 5.97 Å². The molecular weight excluding hydrogens is 192 g/mol. The molecule has 3 nitrogen and oxygen atoms in total. The molecule has 0 aromatic heterocycles. The Balaban J connectivity index is 2.44. The summed E-state index contributed by atoms with van der Waals surface area (Å²) in [7, 11) is 1.54. The van der Waals surface area contributed by atoms with Gasteiger partial charge >= 0.3 is 5.97 Å². The van der Waals surface area contributed by atoms with Crippen LogP contribution in [0.25, 0.3) is 0 Å². The minimum absolute atomic E-state index is 0.363. The molecule has 0 amide bonds. The first-order valence-electron chi connectivity index (χ1n) is 4.71. The monoisotopic (exact) mass is 204 g/mol. The van der Waals surface area contributed by atoms with Crippen molar-refractivity contribution in [3.8, 4) is 0 Å². The molecule has 1 unspecified atom stereocenters. The molecule has 78 valence electrons. The molecule has 0 N–H and O–H groups in total. The second-order valence-corrected chi connectivity index (χ2v) is 3.53. The number of carbonyl (C=O) groups excluding carboxylic acids is 1. The van der Waals surface area contributed by atoms with Crippen molar-refractivity contribution in [3.05, 3.63) is 47.7 Å². The molecule has 0 saturated carbocycles. The zero-order valence-electron chi connectivity index (χ0n) is 8.69. The highest BCUT2D eigenvalue weighted by atomic mass is 16.6. The van der Waals surface area contributed by atoms with Crippen molar-refractivity contribution in [1.82, 2.24) is 0 Å². The quantitative estimate of drug-likeness (QED) is 0.691. The Morgan fingerprint density at radius 3 is 2.53 bits per heavy atom. The maximum atomic E-state index is 11.2. The van der Waals surface area contributed by atoms with Crippen LogP contribution >= 0.6 is 0 Å². The molecule has 15 heavy (non-hydrogen) atoms. The number of rotatable bonds is 2. The average Bonchev–Trinajstić information content (AvgIpc) is 2.56.